The number of nitrogens with zero attached hydrogens (tertiary/aromatic N) is 3. The van der Waals surface area contributed by atoms with E-state index in [1.54, 1.807) is 0 Å². The molecule has 0 N–H and O–H groups in total. The first-order chi connectivity index (χ1) is 16.7. The summed E-state index contributed by atoms with van der Waals surface area (Å²) >= 11 is 1.88. The van der Waals surface area contributed by atoms with Crippen molar-refractivity contribution in [3.8, 4) is 22.5 Å². The highest BCUT2D eigenvalue weighted by Crippen LogP contribution is 2.41. The van der Waals surface area contributed by atoms with Crippen LogP contribution in [0.4, 0.5) is 0 Å². The zero-order chi connectivity index (χ0) is 22.8. The Labute approximate surface area is 200 Å². The lowest BCUT2D eigenvalue weighted by atomic mass is 9.98. The van der Waals surface area contributed by atoms with Crippen molar-refractivity contribution in [3.05, 3.63) is 102 Å². The minimum absolute atomic E-state index is 0.860. The van der Waals surface area contributed by atoms with E-state index in [0.717, 1.165) is 22.4 Å². The second-order valence-corrected chi connectivity index (χ2v) is 10.0. The number of pyridine rings is 1. The van der Waals surface area contributed by atoms with Gasteiger partial charge in [-0.15, -0.1) is 21.5 Å². The van der Waals surface area contributed by atoms with Crippen molar-refractivity contribution in [2.45, 2.75) is 13.8 Å². The molecule has 0 saturated heterocycles. The standard InChI is InChI=1S/C30H21N3S/c1-18-7-12-27-25(15-18)26-17-19(2)16-24(28(26)34-27)21-8-10-22(11-9-21)29-31-32-30-23-6-4-3-5-20(23)13-14-33(29)30/h3-17H,1-2H3. The molecule has 0 bridgehead atoms. The topological polar surface area (TPSA) is 30.2 Å². The molecule has 3 aromatic heterocycles. The van der Waals surface area contributed by atoms with E-state index in [4.69, 9.17) is 0 Å². The molecule has 3 heterocycles. The van der Waals surface area contributed by atoms with Gasteiger partial charge in [0.1, 0.15) is 0 Å². The Kier molecular flexibility index (Phi) is 4.14. The predicted octanol–water partition coefficient (Wildman–Crippen LogP) is 8.20. The maximum absolute atomic E-state index is 4.53. The van der Waals surface area contributed by atoms with Gasteiger partial charge < -0.3 is 0 Å². The fourth-order valence-electron chi connectivity index (χ4n) is 4.96. The molecule has 4 heteroatoms. The second kappa shape index (κ2) is 7.24. The van der Waals surface area contributed by atoms with Gasteiger partial charge in [0.05, 0.1) is 0 Å². The van der Waals surface area contributed by atoms with Gasteiger partial charge in [0.15, 0.2) is 11.5 Å². The highest BCUT2D eigenvalue weighted by Gasteiger charge is 2.14. The van der Waals surface area contributed by atoms with Gasteiger partial charge in [0, 0.05) is 37.3 Å². The molecule has 7 rings (SSSR count). The Morgan fingerprint density at radius 2 is 1.47 bits per heavy atom. The van der Waals surface area contributed by atoms with Crippen molar-refractivity contribution < 1.29 is 0 Å². The minimum atomic E-state index is 0.860. The van der Waals surface area contributed by atoms with Gasteiger partial charge in [-0.2, -0.15) is 0 Å². The Hall–Kier alpha value is -4.02. The van der Waals surface area contributed by atoms with Crippen LogP contribution in [0, 0.1) is 13.8 Å². The number of rotatable bonds is 2. The molecule has 3 nitrogen and oxygen atoms in total. The Balaban J connectivity index is 1.37. The molecule has 0 aliphatic heterocycles. The Morgan fingerprint density at radius 3 is 2.35 bits per heavy atom. The number of hydrogen-bond acceptors (Lipinski definition) is 3. The molecule has 34 heavy (non-hydrogen) atoms. The molecule has 0 unspecified atom stereocenters. The fourth-order valence-corrected chi connectivity index (χ4v) is 6.16. The van der Waals surface area contributed by atoms with Crippen molar-refractivity contribution >= 4 is 47.9 Å². The van der Waals surface area contributed by atoms with Crippen molar-refractivity contribution in [3.63, 3.8) is 0 Å². The molecule has 4 aromatic carbocycles. The summed E-state index contributed by atoms with van der Waals surface area (Å²) in [5.74, 6) is 0.860. The van der Waals surface area contributed by atoms with E-state index in [1.165, 1.54) is 47.8 Å². The van der Waals surface area contributed by atoms with Crippen molar-refractivity contribution in [2.24, 2.45) is 0 Å². The molecular formula is C30H21N3S. The number of aryl methyl sites for hydroxylation is 2. The molecule has 0 aliphatic carbocycles. The lowest BCUT2D eigenvalue weighted by molar-refractivity contribution is 1.11. The Morgan fingerprint density at radius 1 is 0.676 bits per heavy atom. The minimum Gasteiger partial charge on any atom is -0.282 e. The first-order valence-corrected chi connectivity index (χ1v) is 12.2. The number of fused-ring (bicyclic) bond motifs is 6. The van der Waals surface area contributed by atoms with Crippen molar-refractivity contribution in [1.82, 2.24) is 14.6 Å². The van der Waals surface area contributed by atoms with Crippen LogP contribution in [-0.4, -0.2) is 14.6 Å². The van der Waals surface area contributed by atoms with Gasteiger partial charge in [-0.25, -0.2) is 0 Å². The first-order valence-electron chi connectivity index (χ1n) is 11.4. The molecule has 162 valence electrons. The predicted molar refractivity (Wildman–Crippen MR) is 144 cm³/mol. The first kappa shape index (κ1) is 19.4. The largest absolute Gasteiger partial charge is 0.282 e. The van der Waals surface area contributed by atoms with Crippen LogP contribution in [-0.2, 0) is 0 Å². The van der Waals surface area contributed by atoms with E-state index in [0.29, 0.717) is 0 Å². The Bertz CT molecular complexity index is 1870. The van der Waals surface area contributed by atoms with Crippen LogP contribution in [0.2, 0.25) is 0 Å². The summed E-state index contributed by atoms with van der Waals surface area (Å²) in [5.41, 5.74) is 7.04. The maximum Gasteiger partial charge on any atom is 0.168 e. The van der Waals surface area contributed by atoms with Gasteiger partial charge in [0.2, 0.25) is 0 Å². The summed E-state index contributed by atoms with van der Waals surface area (Å²) in [4.78, 5) is 0. The monoisotopic (exact) mass is 455 g/mol. The van der Waals surface area contributed by atoms with Crippen LogP contribution in [0.1, 0.15) is 11.1 Å². The van der Waals surface area contributed by atoms with Gasteiger partial charge in [-0.3, -0.25) is 4.40 Å². The van der Waals surface area contributed by atoms with Crippen LogP contribution in [0.5, 0.6) is 0 Å². The highest BCUT2D eigenvalue weighted by molar-refractivity contribution is 7.26. The van der Waals surface area contributed by atoms with Crippen molar-refractivity contribution in [1.29, 1.82) is 0 Å². The van der Waals surface area contributed by atoms with E-state index in [9.17, 15) is 0 Å². The molecule has 0 spiro atoms. The smallest absolute Gasteiger partial charge is 0.168 e. The van der Waals surface area contributed by atoms with Crippen LogP contribution in [0.3, 0.4) is 0 Å². The molecule has 0 radical (unpaired) electrons. The highest BCUT2D eigenvalue weighted by atomic mass is 32.1. The summed E-state index contributed by atoms with van der Waals surface area (Å²) in [6.45, 7) is 4.35. The number of aromatic nitrogens is 3. The second-order valence-electron chi connectivity index (χ2n) is 8.99. The normalized spacial score (nSPS) is 11.8. The van der Waals surface area contributed by atoms with E-state index >= 15 is 0 Å². The lowest BCUT2D eigenvalue weighted by Crippen LogP contribution is -1.90. The summed E-state index contributed by atoms with van der Waals surface area (Å²) in [6.07, 6.45) is 2.06. The van der Waals surface area contributed by atoms with E-state index < -0.39 is 0 Å². The van der Waals surface area contributed by atoms with Gasteiger partial charge in [0.25, 0.3) is 0 Å². The summed E-state index contributed by atoms with van der Waals surface area (Å²) < 4.78 is 4.76. The fraction of sp³-hybridized carbons (Fsp3) is 0.0667. The molecule has 0 fully saturated rings. The zero-order valence-electron chi connectivity index (χ0n) is 18.9. The average molecular weight is 456 g/mol. The number of hydrogen-bond donors (Lipinski definition) is 0. The quantitative estimate of drug-likeness (QED) is 0.263. The molecule has 0 aliphatic rings. The van der Waals surface area contributed by atoms with E-state index in [2.05, 4.69) is 114 Å². The summed E-state index contributed by atoms with van der Waals surface area (Å²) in [6, 6.07) is 30.5. The van der Waals surface area contributed by atoms with Gasteiger partial charge in [-0.05, 0) is 66.3 Å². The molecule has 0 atom stereocenters. The third-order valence-electron chi connectivity index (χ3n) is 6.63. The zero-order valence-corrected chi connectivity index (χ0v) is 19.7. The third-order valence-corrected chi connectivity index (χ3v) is 7.85. The molecule has 0 saturated carbocycles. The van der Waals surface area contributed by atoms with Gasteiger partial charge in [-0.1, -0.05) is 60.2 Å². The summed E-state index contributed by atoms with van der Waals surface area (Å²) in [5, 5.41) is 14.0. The molecule has 0 amide bonds. The molecular weight excluding hydrogens is 434 g/mol. The third kappa shape index (κ3) is 2.89. The van der Waals surface area contributed by atoms with E-state index in [1.807, 2.05) is 17.4 Å². The maximum atomic E-state index is 4.53. The average Bonchev–Trinajstić information content (AvgIpc) is 3.45. The van der Waals surface area contributed by atoms with Crippen LogP contribution in [0.15, 0.2) is 91.1 Å². The van der Waals surface area contributed by atoms with Crippen LogP contribution in [0.25, 0.3) is 59.1 Å². The number of thiophene rings is 1. The van der Waals surface area contributed by atoms with Crippen LogP contribution < -0.4 is 0 Å². The molecule has 7 aromatic rings. The van der Waals surface area contributed by atoms with Gasteiger partial charge >= 0.3 is 0 Å². The van der Waals surface area contributed by atoms with Crippen LogP contribution >= 0.6 is 11.3 Å². The SMILES string of the molecule is Cc1ccc2sc3c(-c4ccc(-c5nnc6c7ccccc7ccn56)cc4)cc(C)cc3c2c1. The van der Waals surface area contributed by atoms with Crippen molar-refractivity contribution in [2.75, 3.05) is 0 Å². The summed E-state index contributed by atoms with van der Waals surface area (Å²) in [7, 11) is 0. The number of benzene rings is 4. The van der Waals surface area contributed by atoms with E-state index in [-0.39, 0.29) is 0 Å². The lowest BCUT2D eigenvalue weighted by Gasteiger charge is -2.08.